The molecule has 0 aliphatic carbocycles. The molecule has 1 aromatic carbocycles. The summed E-state index contributed by atoms with van der Waals surface area (Å²) in [7, 11) is -3.50. The molecule has 0 bridgehead atoms. The Morgan fingerprint density at radius 1 is 1.07 bits per heavy atom. The van der Waals surface area contributed by atoms with Gasteiger partial charge in [-0.3, -0.25) is 9.69 Å². The lowest BCUT2D eigenvalue weighted by Crippen LogP contribution is -2.57. The number of aryl methyl sites for hydroxylation is 1. The van der Waals surface area contributed by atoms with Gasteiger partial charge >= 0.3 is 0 Å². The van der Waals surface area contributed by atoms with Gasteiger partial charge in [0.2, 0.25) is 5.91 Å². The van der Waals surface area contributed by atoms with Crippen LogP contribution in [0.4, 0.5) is 5.69 Å². The van der Waals surface area contributed by atoms with Crippen LogP contribution in [-0.2, 0) is 19.7 Å². The second-order valence-electron chi connectivity index (χ2n) is 7.62. The maximum absolute atomic E-state index is 12.9. The number of para-hydroxylation sites is 1. The molecule has 0 unspecified atom stereocenters. The largest absolute Gasteiger partial charge is 0.373 e. The minimum absolute atomic E-state index is 0.0820. The van der Waals surface area contributed by atoms with Gasteiger partial charge in [0, 0.05) is 45.0 Å². The Morgan fingerprint density at radius 2 is 1.68 bits per heavy atom. The van der Waals surface area contributed by atoms with Gasteiger partial charge in [0.05, 0.1) is 18.8 Å². The predicted molar refractivity (Wildman–Crippen MR) is 108 cm³/mol. The van der Waals surface area contributed by atoms with E-state index in [2.05, 4.69) is 5.32 Å². The van der Waals surface area contributed by atoms with Crippen molar-refractivity contribution in [3.8, 4) is 0 Å². The van der Waals surface area contributed by atoms with E-state index in [0.717, 1.165) is 11.3 Å². The fraction of sp³-hybridized carbons (Fsp3) is 0.632. The van der Waals surface area contributed by atoms with Crippen LogP contribution >= 0.6 is 0 Å². The van der Waals surface area contributed by atoms with Crippen molar-refractivity contribution < 1.29 is 17.9 Å². The van der Waals surface area contributed by atoms with Crippen LogP contribution in [0.5, 0.6) is 0 Å². The number of nitrogens with zero attached hydrogens (tertiary/aromatic N) is 3. The fourth-order valence-electron chi connectivity index (χ4n) is 3.71. The molecule has 3 rings (SSSR count). The number of carbonyl (C=O) groups is 1. The van der Waals surface area contributed by atoms with Crippen LogP contribution < -0.4 is 5.32 Å². The molecule has 2 atom stereocenters. The number of piperazine rings is 1. The van der Waals surface area contributed by atoms with Gasteiger partial charge in [0.1, 0.15) is 0 Å². The highest BCUT2D eigenvalue weighted by atomic mass is 32.2. The summed E-state index contributed by atoms with van der Waals surface area (Å²) in [4.78, 5) is 14.3. The van der Waals surface area contributed by atoms with Gasteiger partial charge in [-0.25, -0.2) is 0 Å². The Kier molecular flexibility index (Phi) is 6.72. The molecule has 156 valence electrons. The molecule has 2 aliphatic rings. The Labute approximate surface area is 167 Å². The first-order chi connectivity index (χ1) is 13.3. The van der Waals surface area contributed by atoms with Crippen LogP contribution in [0.2, 0.25) is 0 Å². The molecular weight excluding hydrogens is 380 g/mol. The van der Waals surface area contributed by atoms with E-state index >= 15 is 0 Å². The van der Waals surface area contributed by atoms with E-state index in [9.17, 15) is 13.2 Å². The van der Waals surface area contributed by atoms with E-state index < -0.39 is 10.2 Å². The number of morpholine rings is 1. The monoisotopic (exact) mass is 410 g/mol. The zero-order valence-corrected chi connectivity index (χ0v) is 17.6. The number of nitrogens with one attached hydrogen (secondary N) is 1. The summed E-state index contributed by atoms with van der Waals surface area (Å²) < 4.78 is 34.6. The molecule has 0 spiro atoms. The molecule has 9 heteroatoms. The third-order valence-corrected chi connectivity index (χ3v) is 7.12. The van der Waals surface area contributed by atoms with E-state index in [1.54, 1.807) is 0 Å². The molecule has 28 heavy (non-hydrogen) atoms. The summed E-state index contributed by atoms with van der Waals surface area (Å²) in [6.07, 6.45) is -0.213. The summed E-state index contributed by atoms with van der Waals surface area (Å²) >= 11 is 0. The maximum atomic E-state index is 12.9. The molecule has 1 aromatic rings. The molecule has 2 fully saturated rings. The molecule has 0 aromatic heterocycles. The zero-order valence-electron chi connectivity index (χ0n) is 16.8. The molecule has 1 N–H and O–H groups in total. The van der Waals surface area contributed by atoms with Gasteiger partial charge in [-0.1, -0.05) is 18.2 Å². The number of hydrogen-bond acceptors (Lipinski definition) is 5. The van der Waals surface area contributed by atoms with Crippen LogP contribution in [0.3, 0.4) is 0 Å². The average Bonchev–Trinajstić information content (AvgIpc) is 2.63. The Bertz CT molecular complexity index is 783. The Hall–Kier alpha value is -1.52. The van der Waals surface area contributed by atoms with Crippen molar-refractivity contribution in [3.63, 3.8) is 0 Å². The first-order valence-electron chi connectivity index (χ1n) is 9.74. The highest BCUT2D eigenvalue weighted by Crippen LogP contribution is 2.19. The lowest BCUT2D eigenvalue weighted by molar-refractivity contribution is -0.117. The van der Waals surface area contributed by atoms with Crippen molar-refractivity contribution in [2.75, 3.05) is 51.1 Å². The molecule has 1 amide bonds. The molecular formula is C19H30N4O4S. The first kappa shape index (κ1) is 21.2. The van der Waals surface area contributed by atoms with E-state index in [0.29, 0.717) is 39.3 Å². The standard InChI is InChI=1S/C19H30N4O4S/c1-15-6-4-5-7-18(15)20-19(24)14-21-8-10-22(11-9-21)28(25,26)23-12-16(2)27-17(3)13-23/h4-7,16-17H,8-14H2,1-3H3,(H,20,24)/t16-,17-/m0/s1. The van der Waals surface area contributed by atoms with Crippen LogP contribution in [-0.4, -0.2) is 85.9 Å². The molecule has 2 saturated heterocycles. The topological polar surface area (TPSA) is 82.2 Å². The molecule has 0 saturated carbocycles. The van der Waals surface area contributed by atoms with Gasteiger partial charge in [-0.2, -0.15) is 17.0 Å². The lowest BCUT2D eigenvalue weighted by Gasteiger charge is -2.40. The van der Waals surface area contributed by atoms with Crippen LogP contribution in [0.1, 0.15) is 19.4 Å². The highest BCUT2D eigenvalue weighted by Gasteiger charge is 2.36. The third kappa shape index (κ3) is 5.09. The fourth-order valence-corrected chi connectivity index (χ4v) is 5.45. The van der Waals surface area contributed by atoms with Crippen molar-refractivity contribution >= 4 is 21.8 Å². The van der Waals surface area contributed by atoms with Crippen LogP contribution in [0, 0.1) is 6.92 Å². The van der Waals surface area contributed by atoms with E-state index in [1.807, 2.05) is 49.9 Å². The smallest absolute Gasteiger partial charge is 0.282 e. The van der Waals surface area contributed by atoms with Crippen LogP contribution in [0.15, 0.2) is 24.3 Å². The minimum Gasteiger partial charge on any atom is -0.373 e. The summed E-state index contributed by atoms with van der Waals surface area (Å²) in [6.45, 7) is 8.61. The van der Waals surface area contributed by atoms with Crippen molar-refractivity contribution in [1.82, 2.24) is 13.5 Å². The Morgan fingerprint density at radius 3 is 2.29 bits per heavy atom. The third-order valence-electron chi connectivity index (χ3n) is 5.16. The molecule has 0 radical (unpaired) electrons. The van der Waals surface area contributed by atoms with Gasteiger partial charge in [0.25, 0.3) is 10.2 Å². The summed E-state index contributed by atoms with van der Waals surface area (Å²) in [6, 6.07) is 7.65. The number of carbonyl (C=O) groups excluding carboxylic acids is 1. The quantitative estimate of drug-likeness (QED) is 0.780. The van der Waals surface area contributed by atoms with E-state index in [1.165, 1.54) is 8.61 Å². The van der Waals surface area contributed by atoms with Crippen molar-refractivity contribution in [3.05, 3.63) is 29.8 Å². The normalized spacial score (nSPS) is 25.5. The summed E-state index contributed by atoms with van der Waals surface area (Å²) in [5, 5.41) is 2.93. The first-order valence-corrected chi connectivity index (χ1v) is 11.1. The van der Waals surface area contributed by atoms with Crippen LogP contribution in [0.25, 0.3) is 0 Å². The number of ether oxygens (including phenoxy) is 1. The number of amides is 1. The van der Waals surface area contributed by atoms with Gasteiger partial charge in [-0.05, 0) is 32.4 Å². The minimum atomic E-state index is -3.50. The number of rotatable bonds is 5. The van der Waals surface area contributed by atoms with Crippen molar-refractivity contribution in [2.45, 2.75) is 33.0 Å². The highest BCUT2D eigenvalue weighted by molar-refractivity contribution is 7.86. The van der Waals surface area contributed by atoms with Gasteiger partial charge in [0.15, 0.2) is 0 Å². The molecule has 2 aliphatic heterocycles. The number of benzene rings is 1. The van der Waals surface area contributed by atoms with Crippen molar-refractivity contribution in [1.29, 1.82) is 0 Å². The summed E-state index contributed by atoms with van der Waals surface area (Å²) in [5.74, 6) is -0.0820. The van der Waals surface area contributed by atoms with Gasteiger partial charge < -0.3 is 10.1 Å². The second-order valence-corrected chi connectivity index (χ2v) is 9.55. The average molecular weight is 411 g/mol. The molecule has 8 nitrogen and oxygen atoms in total. The lowest BCUT2D eigenvalue weighted by atomic mass is 10.2. The predicted octanol–water partition coefficient (Wildman–Crippen LogP) is 0.905. The van der Waals surface area contributed by atoms with Gasteiger partial charge in [-0.15, -0.1) is 0 Å². The van der Waals surface area contributed by atoms with Crippen molar-refractivity contribution in [2.24, 2.45) is 0 Å². The second kappa shape index (κ2) is 8.87. The van der Waals surface area contributed by atoms with E-state index in [-0.39, 0.29) is 24.7 Å². The Balaban J connectivity index is 1.51. The molecule has 2 heterocycles. The SMILES string of the molecule is Cc1ccccc1NC(=O)CN1CCN(S(=O)(=O)N2C[C@H](C)O[C@@H](C)C2)CC1. The number of hydrogen-bond donors (Lipinski definition) is 1. The summed E-state index contributed by atoms with van der Waals surface area (Å²) in [5.41, 5.74) is 1.82. The zero-order chi connectivity index (χ0) is 20.3. The number of anilines is 1. The van der Waals surface area contributed by atoms with E-state index in [4.69, 9.17) is 4.74 Å². The maximum Gasteiger partial charge on any atom is 0.282 e.